The molecule has 2 atom stereocenters. The first-order valence-electron chi connectivity index (χ1n) is 7.94. The van der Waals surface area contributed by atoms with E-state index in [4.69, 9.17) is 4.74 Å². The van der Waals surface area contributed by atoms with Crippen molar-refractivity contribution >= 4 is 12.0 Å². The number of amides is 2. The third kappa shape index (κ3) is 4.88. The molecule has 120 valence electrons. The van der Waals surface area contributed by atoms with Gasteiger partial charge in [-0.05, 0) is 43.9 Å². The second kappa shape index (κ2) is 7.64. The summed E-state index contributed by atoms with van der Waals surface area (Å²) < 4.78 is 5.50. The molecule has 0 spiro atoms. The van der Waals surface area contributed by atoms with Crippen molar-refractivity contribution in [1.29, 1.82) is 0 Å². The minimum absolute atomic E-state index is 0.00359. The minimum Gasteiger partial charge on any atom is -0.480 e. The summed E-state index contributed by atoms with van der Waals surface area (Å²) >= 11 is 0. The smallest absolute Gasteiger partial charge is 0.326 e. The van der Waals surface area contributed by atoms with E-state index in [2.05, 4.69) is 5.32 Å². The van der Waals surface area contributed by atoms with Gasteiger partial charge in [-0.15, -0.1) is 0 Å². The molecule has 2 amide bonds. The lowest BCUT2D eigenvalue weighted by Crippen LogP contribution is -2.55. The Hall–Kier alpha value is -1.30. The van der Waals surface area contributed by atoms with Crippen LogP contribution in [0, 0.1) is 11.8 Å². The van der Waals surface area contributed by atoms with Gasteiger partial charge in [-0.1, -0.05) is 6.92 Å². The Morgan fingerprint density at radius 2 is 2.10 bits per heavy atom. The van der Waals surface area contributed by atoms with Gasteiger partial charge < -0.3 is 20.1 Å². The zero-order valence-corrected chi connectivity index (χ0v) is 12.7. The number of ether oxygens (including phenoxy) is 1. The summed E-state index contributed by atoms with van der Waals surface area (Å²) in [5.74, 6) is -0.153. The maximum absolute atomic E-state index is 12.1. The van der Waals surface area contributed by atoms with E-state index < -0.39 is 12.0 Å². The van der Waals surface area contributed by atoms with Gasteiger partial charge in [0.1, 0.15) is 6.04 Å². The van der Waals surface area contributed by atoms with Crippen LogP contribution in [0.1, 0.15) is 39.0 Å². The molecule has 0 bridgehead atoms. The first-order valence-corrected chi connectivity index (χ1v) is 7.94. The lowest BCUT2D eigenvalue weighted by Gasteiger charge is -2.37. The number of rotatable bonds is 7. The van der Waals surface area contributed by atoms with E-state index >= 15 is 0 Å². The number of nitrogens with one attached hydrogen (secondary N) is 1. The maximum atomic E-state index is 12.1. The van der Waals surface area contributed by atoms with Crippen molar-refractivity contribution in [2.45, 2.75) is 45.1 Å². The normalized spacial score (nSPS) is 25.7. The quantitative estimate of drug-likeness (QED) is 0.701. The Kier molecular flexibility index (Phi) is 5.85. The van der Waals surface area contributed by atoms with Crippen LogP contribution in [-0.4, -0.2) is 54.4 Å². The van der Waals surface area contributed by atoms with Gasteiger partial charge in [-0.3, -0.25) is 0 Å². The number of hydrogen-bond donors (Lipinski definition) is 2. The summed E-state index contributed by atoms with van der Waals surface area (Å²) in [6.45, 7) is 4.42. The number of piperidine rings is 1. The highest BCUT2D eigenvalue weighted by molar-refractivity contribution is 5.83. The van der Waals surface area contributed by atoms with Crippen LogP contribution in [0.2, 0.25) is 0 Å². The molecule has 1 aliphatic heterocycles. The van der Waals surface area contributed by atoms with Crippen molar-refractivity contribution in [2.75, 3.05) is 26.3 Å². The number of carbonyl (C=O) groups is 2. The summed E-state index contributed by atoms with van der Waals surface area (Å²) in [5, 5.41) is 12.1. The van der Waals surface area contributed by atoms with Crippen LogP contribution in [-0.2, 0) is 9.53 Å². The number of hydrogen-bond acceptors (Lipinski definition) is 3. The van der Waals surface area contributed by atoms with E-state index in [0.29, 0.717) is 19.7 Å². The molecule has 1 saturated carbocycles. The molecule has 6 nitrogen and oxygen atoms in total. The number of likely N-dealkylation sites (tertiary alicyclic amines) is 1. The van der Waals surface area contributed by atoms with Gasteiger partial charge in [-0.25, -0.2) is 9.59 Å². The predicted octanol–water partition coefficient (Wildman–Crippen LogP) is 1.70. The van der Waals surface area contributed by atoms with E-state index in [9.17, 15) is 14.7 Å². The highest BCUT2D eigenvalue weighted by Crippen LogP contribution is 2.28. The number of carboxylic acids is 1. The molecule has 1 heterocycles. The molecule has 0 aromatic carbocycles. The second-order valence-corrected chi connectivity index (χ2v) is 6.20. The lowest BCUT2D eigenvalue weighted by molar-refractivity contribution is -0.145. The minimum atomic E-state index is -0.912. The third-order valence-corrected chi connectivity index (χ3v) is 4.24. The number of aliphatic carboxylic acids is 1. The maximum Gasteiger partial charge on any atom is 0.326 e. The molecular weight excluding hydrogens is 272 g/mol. The van der Waals surface area contributed by atoms with Gasteiger partial charge >= 0.3 is 12.0 Å². The van der Waals surface area contributed by atoms with Crippen molar-refractivity contribution in [1.82, 2.24) is 10.2 Å². The molecule has 2 rings (SSSR count). The number of carboxylic acid groups (broad SMARTS) is 1. The summed E-state index contributed by atoms with van der Waals surface area (Å²) in [7, 11) is 0. The first kappa shape index (κ1) is 16.1. The van der Waals surface area contributed by atoms with Gasteiger partial charge in [0.2, 0.25) is 0 Å². The van der Waals surface area contributed by atoms with Crippen LogP contribution in [0.25, 0.3) is 0 Å². The number of urea groups is 1. The molecule has 2 fully saturated rings. The Balaban J connectivity index is 1.66. The molecule has 1 saturated heterocycles. The molecule has 0 aromatic rings. The Morgan fingerprint density at radius 3 is 2.76 bits per heavy atom. The van der Waals surface area contributed by atoms with Crippen LogP contribution in [0.5, 0.6) is 0 Å². The fourth-order valence-electron chi connectivity index (χ4n) is 2.80. The van der Waals surface area contributed by atoms with Crippen molar-refractivity contribution in [3.8, 4) is 0 Å². The molecule has 21 heavy (non-hydrogen) atoms. The number of nitrogens with zero attached hydrogens (tertiary/aromatic N) is 1. The van der Waals surface area contributed by atoms with E-state index in [0.717, 1.165) is 31.8 Å². The van der Waals surface area contributed by atoms with Crippen LogP contribution in [0.4, 0.5) is 4.79 Å². The van der Waals surface area contributed by atoms with Gasteiger partial charge in [0, 0.05) is 26.3 Å². The van der Waals surface area contributed by atoms with E-state index in [1.807, 2.05) is 6.92 Å². The van der Waals surface area contributed by atoms with Crippen LogP contribution in [0.15, 0.2) is 0 Å². The first-order chi connectivity index (χ1) is 10.1. The van der Waals surface area contributed by atoms with Gasteiger partial charge in [-0.2, -0.15) is 0 Å². The Morgan fingerprint density at radius 1 is 1.33 bits per heavy atom. The SMILES string of the molecule is CC1CCCN(C(=O)NCCCOCC2CC2)C1C(=O)O. The molecule has 0 aromatic heterocycles. The van der Waals surface area contributed by atoms with E-state index in [1.165, 1.54) is 17.7 Å². The number of carbonyl (C=O) groups excluding carboxylic acids is 1. The Bertz CT molecular complexity index is 371. The molecule has 2 unspecified atom stereocenters. The van der Waals surface area contributed by atoms with Gasteiger partial charge in [0.05, 0.1) is 0 Å². The van der Waals surface area contributed by atoms with Crippen LogP contribution >= 0.6 is 0 Å². The van der Waals surface area contributed by atoms with Gasteiger partial charge in [0.15, 0.2) is 0 Å². The molecule has 0 radical (unpaired) electrons. The zero-order chi connectivity index (χ0) is 15.2. The average molecular weight is 298 g/mol. The second-order valence-electron chi connectivity index (χ2n) is 6.20. The zero-order valence-electron chi connectivity index (χ0n) is 12.7. The molecular formula is C15H26N2O4. The summed E-state index contributed by atoms with van der Waals surface area (Å²) in [5.41, 5.74) is 0. The Labute approximate surface area is 125 Å². The summed E-state index contributed by atoms with van der Waals surface area (Å²) in [6, 6.07) is -0.971. The van der Waals surface area contributed by atoms with E-state index in [1.54, 1.807) is 0 Å². The van der Waals surface area contributed by atoms with Crippen molar-refractivity contribution in [3.05, 3.63) is 0 Å². The van der Waals surface area contributed by atoms with Crippen LogP contribution in [0.3, 0.4) is 0 Å². The molecule has 1 aliphatic carbocycles. The van der Waals surface area contributed by atoms with Crippen LogP contribution < -0.4 is 5.32 Å². The molecule has 2 aliphatic rings. The fraction of sp³-hybridized carbons (Fsp3) is 0.867. The summed E-state index contributed by atoms with van der Waals surface area (Å²) in [6.07, 6.45) is 5.04. The standard InChI is InChI=1S/C15H26N2O4/c1-11-4-2-8-17(13(11)14(18)19)15(20)16-7-3-9-21-10-12-5-6-12/h11-13H,2-10H2,1H3,(H,16,20)(H,18,19). The average Bonchev–Trinajstić information content (AvgIpc) is 3.25. The van der Waals surface area contributed by atoms with Crippen molar-refractivity contribution < 1.29 is 19.4 Å². The summed E-state index contributed by atoms with van der Waals surface area (Å²) in [4.78, 5) is 24.9. The monoisotopic (exact) mass is 298 g/mol. The van der Waals surface area contributed by atoms with Crippen molar-refractivity contribution in [3.63, 3.8) is 0 Å². The lowest BCUT2D eigenvalue weighted by atomic mass is 9.91. The third-order valence-electron chi connectivity index (χ3n) is 4.24. The topological polar surface area (TPSA) is 78.9 Å². The predicted molar refractivity (Wildman–Crippen MR) is 78.1 cm³/mol. The molecule has 2 N–H and O–H groups in total. The fourth-order valence-corrected chi connectivity index (χ4v) is 2.80. The van der Waals surface area contributed by atoms with Crippen molar-refractivity contribution in [2.24, 2.45) is 11.8 Å². The highest BCUT2D eigenvalue weighted by atomic mass is 16.5. The van der Waals surface area contributed by atoms with E-state index in [-0.39, 0.29) is 11.9 Å². The largest absolute Gasteiger partial charge is 0.480 e. The van der Waals surface area contributed by atoms with Gasteiger partial charge in [0.25, 0.3) is 0 Å². The molecule has 6 heteroatoms. The highest BCUT2D eigenvalue weighted by Gasteiger charge is 2.36.